The zero-order chi connectivity index (χ0) is 10.7. The Morgan fingerprint density at radius 3 is 2.53 bits per heavy atom. The number of rotatable bonds is 2. The van der Waals surface area contributed by atoms with Gasteiger partial charge in [0.15, 0.2) is 5.43 Å². The molecule has 15 heavy (non-hydrogen) atoms. The number of pyridine rings is 1. The fourth-order valence-corrected chi connectivity index (χ4v) is 1.88. The Hall–Kier alpha value is -1.35. The first-order chi connectivity index (χ1) is 7.33. The summed E-state index contributed by atoms with van der Waals surface area (Å²) in [6.07, 6.45) is 3.47. The highest BCUT2D eigenvalue weighted by atomic mass is 79.9. The molecule has 1 N–H and O–H groups in total. The van der Waals surface area contributed by atoms with Crippen LogP contribution in [0, 0.1) is 0 Å². The van der Waals surface area contributed by atoms with Crippen LogP contribution in [0.1, 0.15) is 5.56 Å². The molecule has 0 atom stereocenters. The third-order valence-corrected chi connectivity index (χ3v) is 2.85. The molecule has 0 bridgehead atoms. The molecule has 2 nitrogen and oxygen atoms in total. The van der Waals surface area contributed by atoms with Gasteiger partial charge in [0.1, 0.15) is 0 Å². The van der Waals surface area contributed by atoms with Gasteiger partial charge in [-0.2, -0.15) is 0 Å². The van der Waals surface area contributed by atoms with Gasteiger partial charge in [0.2, 0.25) is 0 Å². The van der Waals surface area contributed by atoms with Crippen molar-refractivity contribution < 1.29 is 0 Å². The Kier molecular flexibility index (Phi) is 3.02. The van der Waals surface area contributed by atoms with Crippen molar-refractivity contribution in [1.82, 2.24) is 4.98 Å². The first-order valence-electron chi connectivity index (χ1n) is 4.64. The first kappa shape index (κ1) is 10.2. The van der Waals surface area contributed by atoms with Gasteiger partial charge in [-0.05, 0) is 5.56 Å². The second-order valence-electron chi connectivity index (χ2n) is 3.22. The molecule has 0 amide bonds. The minimum Gasteiger partial charge on any atom is -0.367 e. The van der Waals surface area contributed by atoms with Crippen molar-refractivity contribution in [3.8, 4) is 11.1 Å². The molecule has 0 fully saturated rings. The number of aromatic nitrogens is 1. The van der Waals surface area contributed by atoms with Crippen LogP contribution in [-0.4, -0.2) is 4.98 Å². The number of hydrogen-bond acceptors (Lipinski definition) is 1. The van der Waals surface area contributed by atoms with E-state index in [-0.39, 0.29) is 5.43 Å². The van der Waals surface area contributed by atoms with Gasteiger partial charge in [-0.3, -0.25) is 4.79 Å². The molecule has 0 aliphatic rings. The van der Waals surface area contributed by atoms with Crippen LogP contribution in [0.5, 0.6) is 0 Å². The van der Waals surface area contributed by atoms with E-state index in [1.807, 2.05) is 30.3 Å². The van der Waals surface area contributed by atoms with Crippen molar-refractivity contribution in [1.29, 1.82) is 0 Å². The lowest BCUT2D eigenvalue weighted by atomic mass is 10.1. The number of hydrogen-bond donors (Lipinski definition) is 1. The summed E-state index contributed by atoms with van der Waals surface area (Å²) >= 11 is 3.30. The van der Waals surface area contributed by atoms with Crippen molar-refractivity contribution in [2.75, 3.05) is 0 Å². The maximum Gasteiger partial charge on any atom is 0.193 e. The summed E-state index contributed by atoms with van der Waals surface area (Å²) in [7, 11) is 0. The van der Waals surface area contributed by atoms with Crippen LogP contribution >= 0.6 is 15.9 Å². The van der Waals surface area contributed by atoms with E-state index in [1.165, 1.54) is 0 Å². The molecule has 0 saturated carbocycles. The number of alkyl halides is 1. The van der Waals surface area contributed by atoms with E-state index in [0.717, 1.165) is 11.1 Å². The quantitative estimate of drug-likeness (QED) is 0.831. The van der Waals surface area contributed by atoms with Crippen LogP contribution < -0.4 is 5.43 Å². The molecule has 3 heteroatoms. The number of nitrogens with one attached hydrogen (secondary N) is 1. The van der Waals surface area contributed by atoms with E-state index >= 15 is 0 Å². The van der Waals surface area contributed by atoms with E-state index in [4.69, 9.17) is 0 Å². The third kappa shape index (κ3) is 2.02. The van der Waals surface area contributed by atoms with Crippen molar-refractivity contribution in [3.05, 3.63) is 58.5 Å². The first-order valence-corrected chi connectivity index (χ1v) is 5.76. The Bertz CT molecular complexity index is 505. The van der Waals surface area contributed by atoms with E-state index in [1.54, 1.807) is 12.4 Å². The maximum absolute atomic E-state index is 12.0. The Morgan fingerprint density at radius 1 is 1.13 bits per heavy atom. The fourth-order valence-electron chi connectivity index (χ4n) is 1.46. The highest BCUT2D eigenvalue weighted by Gasteiger charge is 2.05. The average molecular weight is 264 g/mol. The normalized spacial score (nSPS) is 10.2. The number of halogens is 1. The smallest absolute Gasteiger partial charge is 0.193 e. The molecule has 0 aliphatic heterocycles. The van der Waals surface area contributed by atoms with Crippen molar-refractivity contribution in [2.24, 2.45) is 0 Å². The average Bonchev–Trinajstić information content (AvgIpc) is 2.30. The molecule has 76 valence electrons. The Morgan fingerprint density at radius 2 is 1.87 bits per heavy atom. The Balaban J connectivity index is 2.60. The molecule has 1 aromatic heterocycles. The topological polar surface area (TPSA) is 32.9 Å². The van der Waals surface area contributed by atoms with Gasteiger partial charge in [0, 0.05) is 28.9 Å². The van der Waals surface area contributed by atoms with Gasteiger partial charge in [0.05, 0.1) is 0 Å². The summed E-state index contributed by atoms with van der Waals surface area (Å²) in [5.41, 5.74) is 2.49. The van der Waals surface area contributed by atoms with Crippen LogP contribution in [0.2, 0.25) is 0 Å². The summed E-state index contributed by atoms with van der Waals surface area (Å²) in [5, 5.41) is 0.572. The van der Waals surface area contributed by atoms with Gasteiger partial charge >= 0.3 is 0 Å². The minimum absolute atomic E-state index is 0.0804. The Labute approximate surface area is 96.1 Å². The minimum atomic E-state index is 0.0804. The maximum atomic E-state index is 12.0. The monoisotopic (exact) mass is 263 g/mol. The summed E-state index contributed by atoms with van der Waals surface area (Å²) in [6, 6.07) is 9.66. The molecule has 0 spiro atoms. The summed E-state index contributed by atoms with van der Waals surface area (Å²) in [5.74, 6) is 0. The molecule has 1 aromatic carbocycles. The third-order valence-electron chi connectivity index (χ3n) is 2.25. The van der Waals surface area contributed by atoms with Crippen molar-refractivity contribution in [3.63, 3.8) is 0 Å². The van der Waals surface area contributed by atoms with Gasteiger partial charge in [-0.1, -0.05) is 46.3 Å². The van der Waals surface area contributed by atoms with Crippen LogP contribution in [0.3, 0.4) is 0 Å². The van der Waals surface area contributed by atoms with Gasteiger partial charge in [-0.25, -0.2) is 0 Å². The number of aromatic amines is 1. The molecular formula is C12H10BrNO. The lowest BCUT2D eigenvalue weighted by Gasteiger charge is -2.01. The molecule has 0 saturated heterocycles. The lowest BCUT2D eigenvalue weighted by Crippen LogP contribution is -2.10. The van der Waals surface area contributed by atoms with Crippen LogP contribution in [0.25, 0.3) is 11.1 Å². The zero-order valence-corrected chi connectivity index (χ0v) is 9.62. The van der Waals surface area contributed by atoms with Gasteiger partial charge in [-0.15, -0.1) is 0 Å². The number of benzene rings is 1. The van der Waals surface area contributed by atoms with Gasteiger partial charge in [0.25, 0.3) is 0 Å². The predicted octanol–water partition coefficient (Wildman–Crippen LogP) is 2.94. The second-order valence-corrected chi connectivity index (χ2v) is 3.78. The lowest BCUT2D eigenvalue weighted by molar-refractivity contribution is 1.22. The highest BCUT2D eigenvalue weighted by Crippen LogP contribution is 2.14. The summed E-state index contributed by atoms with van der Waals surface area (Å²) < 4.78 is 0. The summed E-state index contributed by atoms with van der Waals surface area (Å²) in [6.45, 7) is 0. The van der Waals surface area contributed by atoms with E-state index in [2.05, 4.69) is 20.9 Å². The second kappa shape index (κ2) is 4.45. The van der Waals surface area contributed by atoms with Gasteiger partial charge < -0.3 is 4.98 Å². The molecule has 1 heterocycles. The molecular weight excluding hydrogens is 254 g/mol. The van der Waals surface area contributed by atoms with Crippen molar-refractivity contribution in [2.45, 2.75) is 5.33 Å². The summed E-state index contributed by atoms with van der Waals surface area (Å²) in [4.78, 5) is 14.9. The van der Waals surface area contributed by atoms with Crippen molar-refractivity contribution >= 4 is 15.9 Å². The highest BCUT2D eigenvalue weighted by molar-refractivity contribution is 9.08. The SMILES string of the molecule is O=c1c(CBr)c[nH]cc1-c1ccccc1. The number of H-pyrrole nitrogens is 1. The zero-order valence-electron chi connectivity index (χ0n) is 8.03. The predicted molar refractivity (Wildman–Crippen MR) is 65.1 cm³/mol. The molecule has 2 aromatic rings. The van der Waals surface area contributed by atoms with E-state index < -0.39 is 0 Å². The van der Waals surface area contributed by atoms with Crippen LogP contribution in [0.4, 0.5) is 0 Å². The molecule has 2 rings (SSSR count). The van der Waals surface area contributed by atoms with Crippen LogP contribution in [-0.2, 0) is 5.33 Å². The van der Waals surface area contributed by atoms with E-state index in [9.17, 15) is 4.79 Å². The molecule has 0 aliphatic carbocycles. The van der Waals surface area contributed by atoms with E-state index in [0.29, 0.717) is 10.9 Å². The standard InChI is InChI=1S/C12H10BrNO/c13-6-10-7-14-8-11(12(10)15)9-4-2-1-3-5-9/h1-5,7-8H,6H2,(H,14,15). The molecule has 0 radical (unpaired) electrons. The fraction of sp³-hybridized carbons (Fsp3) is 0.0833. The van der Waals surface area contributed by atoms with Crippen LogP contribution in [0.15, 0.2) is 47.5 Å². The molecule has 0 unspecified atom stereocenters. The largest absolute Gasteiger partial charge is 0.367 e.